The van der Waals surface area contributed by atoms with Gasteiger partial charge in [0.05, 0.1) is 13.2 Å². The van der Waals surface area contributed by atoms with Crippen LogP contribution in [0.5, 0.6) is 0 Å². The Hall–Kier alpha value is -0.880. The van der Waals surface area contributed by atoms with Gasteiger partial charge in [-0.25, -0.2) is 13.9 Å². The molecule has 8 N–H and O–H groups in total. The third-order valence-electron chi connectivity index (χ3n) is 1.78. The van der Waals surface area contributed by atoms with Crippen LogP contribution in [-0.4, -0.2) is 61.9 Å². The van der Waals surface area contributed by atoms with E-state index < -0.39 is 52.8 Å². The normalized spacial score (nSPS) is 15.3. The summed E-state index contributed by atoms with van der Waals surface area (Å²) in [5, 5.41) is 10.5. The number of carbonyl (C=O) groups is 2. The first-order valence-corrected chi connectivity index (χ1v) is 8.07. The number of hydrogen-bond acceptors (Lipinski definition) is 7. The Bertz CT molecular complexity index is 469. The summed E-state index contributed by atoms with van der Waals surface area (Å²) in [4.78, 5) is 55.8. The predicted molar refractivity (Wildman–Crippen MR) is 63.5 cm³/mol. The van der Waals surface area contributed by atoms with Gasteiger partial charge in [0.2, 0.25) is 5.91 Å². The fourth-order valence-electron chi connectivity index (χ4n) is 0.878. The van der Waals surface area contributed by atoms with Gasteiger partial charge >= 0.3 is 21.6 Å². The van der Waals surface area contributed by atoms with E-state index in [-0.39, 0.29) is 0 Å². The molecule has 0 aromatic heterocycles. The van der Waals surface area contributed by atoms with Gasteiger partial charge in [0.1, 0.15) is 6.04 Å². The lowest BCUT2D eigenvalue weighted by Gasteiger charge is -2.18. The topological polar surface area (TPSA) is 226 Å². The van der Waals surface area contributed by atoms with Crippen molar-refractivity contribution in [3.63, 3.8) is 0 Å². The fraction of sp³-hybridized carbons (Fsp3) is 0.667. The average Bonchev–Trinajstić information content (AvgIpc) is 2.28. The molecule has 0 rings (SSSR count). The van der Waals surface area contributed by atoms with E-state index in [1.807, 2.05) is 0 Å². The van der Waals surface area contributed by atoms with Crippen LogP contribution in [0.3, 0.4) is 0 Å². The first kappa shape index (κ1) is 20.1. The van der Waals surface area contributed by atoms with Gasteiger partial charge in [-0.3, -0.25) is 13.8 Å². The van der Waals surface area contributed by atoms with Crippen LogP contribution in [0, 0.1) is 0 Å². The molecule has 13 nitrogen and oxygen atoms in total. The Balaban J connectivity index is 4.50. The van der Waals surface area contributed by atoms with E-state index in [0.29, 0.717) is 0 Å². The van der Waals surface area contributed by atoms with Crippen LogP contribution in [0.15, 0.2) is 0 Å². The molecule has 0 aromatic rings. The highest BCUT2D eigenvalue weighted by Crippen LogP contribution is 2.36. The zero-order valence-electron chi connectivity index (χ0n) is 10.2. The van der Waals surface area contributed by atoms with Crippen molar-refractivity contribution in [2.75, 3.05) is 13.2 Å². The molecule has 0 spiro atoms. The maximum atomic E-state index is 11.4. The molecule has 15 heteroatoms. The molecule has 0 radical (unpaired) electrons. The second-order valence-corrected chi connectivity index (χ2v) is 6.06. The first-order chi connectivity index (χ1) is 9.32. The minimum Gasteiger partial charge on any atom is -0.480 e. The van der Waals surface area contributed by atoms with Crippen LogP contribution in [0.2, 0.25) is 0 Å². The van der Waals surface area contributed by atoms with Crippen molar-refractivity contribution in [3.05, 3.63) is 0 Å². The third kappa shape index (κ3) is 10.5. The van der Waals surface area contributed by atoms with Gasteiger partial charge < -0.3 is 35.7 Å². The largest absolute Gasteiger partial charge is 0.480 e. The summed E-state index contributed by atoms with van der Waals surface area (Å²) in [6.45, 7) is -1.95. The zero-order chi connectivity index (χ0) is 16.8. The molecule has 0 fully saturated rings. The number of carbonyl (C=O) groups excluding carboxylic acids is 1. The number of hydrogen-bond donors (Lipinski definition) is 7. The van der Waals surface area contributed by atoms with Gasteiger partial charge in [0.15, 0.2) is 6.04 Å². The van der Waals surface area contributed by atoms with Crippen molar-refractivity contribution in [1.82, 2.24) is 5.32 Å². The van der Waals surface area contributed by atoms with Crippen LogP contribution >= 0.6 is 15.6 Å². The summed E-state index contributed by atoms with van der Waals surface area (Å²) in [5.41, 5.74) is 5.19. The summed E-state index contributed by atoms with van der Waals surface area (Å²) >= 11 is 0. The molecular weight excluding hydrogens is 338 g/mol. The number of nitrogens with one attached hydrogen (secondary N) is 1. The summed E-state index contributed by atoms with van der Waals surface area (Å²) in [5.74, 6) is -2.84. The van der Waals surface area contributed by atoms with E-state index in [0.717, 1.165) is 0 Å². The van der Waals surface area contributed by atoms with E-state index in [1.165, 1.54) is 0 Å². The second-order valence-electron chi connectivity index (χ2n) is 3.58. The van der Waals surface area contributed by atoms with Gasteiger partial charge in [-0.15, -0.1) is 0 Å². The lowest BCUT2D eigenvalue weighted by atomic mass is 10.2. The zero-order valence-corrected chi connectivity index (χ0v) is 12.0. The molecule has 0 aromatic carbocycles. The van der Waals surface area contributed by atoms with Crippen molar-refractivity contribution in [1.29, 1.82) is 0 Å². The monoisotopic (exact) mass is 352 g/mol. The lowest BCUT2D eigenvalue weighted by molar-refractivity contribution is -0.143. The maximum absolute atomic E-state index is 11.4. The minimum atomic E-state index is -4.93. The Morgan fingerprint density at radius 3 is 1.86 bits per heavy atom. The molecule has 0 bridgehead atoms. The molecule has 21 heavy (non-hydrogen) atoms. The highest BCUT2D eigenvalue weighted by atomic mass is 31.2. The smallest absolute Gasteiger partial charge is 0.469 e. The maximum Gasteiger partial charge on any atom is 0.469 e. The Labute approximate surface area is 117 Å². The van der Waals surface area contributed by atoms with Crippen molar-refractivity contribution >= 4 is 27.5 Å². The highest BCUT2D eigenvalue weighted by molar-refractivity contribution is 7.46. The van der Waals surface area contributed by atoms with Crippen LogP contribution in [0.25, 0.3) is 0 Å². The second kappa shape index (κ2) is 7.94. The average molecular weight is 352 g/mol. The van der Waals surface area contributed by atoms with Crippen LogP contribution in [-0.2, 0) is 27.8 Å². The van der Waals surface area contributed by atoms with Crippen LogP contribution in [0.1, 0.15) is 0 Å². The number of rotatable bonds is 9. The van der Waals surface area contributed by atoms with Crippen molar-refractivity contribution in [2.45, 2.75) is 12.1 Å². The molecule has 124 valence electrons. The highest BCUT2D eigenvalue weighted by Gasteiger charge is 2.28. The SMILES string of the molecule is N[C@H](COP(=O)(O)O)C(=O)N[C@@H](COP(=O)(O)O)C(=O)O. The number of nitrogens with two attached hydrogens (primary N) is 1. The summed E-state index contributed by atoms with van der Waals surface area (Å²) in [6, 6.07) is -3.44. The number of aliphatic carboxylic acids is 1. The van der Waals surface area contributed by atoms with E-state index in [1.54, 1.807) is 5.32 Å². The van der Waals surface area contributed by atoms with Gasteiger partial charge in [0, 0.05) is 0 Å². The number of amides is 1. The predicted octanol–water partition coefficient (Wildman–Crippen LogP) is -2.90. The fourth-order valence-corrected chi connectivity index (χ4v) is 1.58. The lowest BCUT2D eigenvalue weighted by Crippen LogP contribution is -2.51. The van der Waals surface area contributed by atoms with Crippen molar-refractivity contribution in [3.8, 4) is 0 Å². The minimum absolute atomic E-state index is 0.901. The number of carboxylic acids is 1. The standard InChI is InChI=1S/C6H14N2O11P2/c7-3(1-18-20(12,13)14)5(9)8-4(6(10)11)2-19-21(15,16)17/h3-4H,1-2,7H2,(H,8,9)(H,10,11)(H2,12,13,14)(H2,15,16,17)/t3-,4+/m1/s1. The third-order valence-corrected chi connectivity index (χ3v) is 2.75. The molecule has 0 saturated heterocycles. The Morgan fingerprint density at radius 1 is 1.05 bits per heavy atom. The number of phosphoric acid groups is 2. The molecule has 2 atom stereocenters. The van der Waals surface area contributed by atoms with E-state index in [9.17, 15) is 18.7 Å². The molecule has 0 heterocycles. The molecule has 0 saturated carbocycles. The van der Waals surface area contributed by atoms with Gasteiger partial charge in [-0.1, -0.05) is 0 Å². The summed E-state index contributed by atoms with van der Waals surface area (Å²) < 4.78 is 28.7. The van der Waals surface area contributed by atoms with Crippen LogP contribution < -0.4 is 11.1 Å². The molecular formula is C6H14N2O11P2. The molecule has 0 aliphatic heterocycles. The molecule has 1 amide bonds. The molecule has 0 aliphatic rings. The van der Waals surface area contributed by atoms with Crippen molar-refractivity contribution in [2.24, 2.45) is 5.73 Å². The van der Waals surface area contributed by atoms with E-state index >= 15 is 0 Å². The van der Waals surface area contributed by atoms with Gasteiger partial charge in [-0.2, -0.15) is 0 Å². The van der Waals surface area contributed by atoms with E-state index in [2.05, 4.69) is 9.05 Å². The quantitative estimate of drug-likeness (QED) is 0.207. The Kier molecular flexibility index (Phi) is 7.61. The van der Waals surface area contributed by atoms with Gasteiger partial charge in [0.25, 0.3) is 0 Å². The van der Waals surface area contributed by atoms with E-state index in [4.69, 9.17) is 30.4 Å². The summed E-state index contributed by atoms with van der Waals surface area (Å²) in [7, 11) is -9.79. The molecule has 0 unspecified atom stereocenters. The summed E-state index contributed by atoms with van der Waals surface area (Å²) in [6.07, 6.45) is 0. The van der Waals surface area contributed by atoms with Gasteiger partial charge in [-0.05, 0) is 0 Å². The molecule has 0 aliphatic carbocycles. The number of phosphoric ester groups is 2. The Morgan fingerprint density at radius 2 is 1.48 bits per heavy atom. The first-order valence-electron chi connectivity index (χ1n) is 5.01. The number of carboxylic acid groups (broad SMARTS) is 1. The van der Waals surface area contributed by atoms with Crippen molar-refractivity contribution < 1.29 is 52.4 Å². The van der Waals surface area contributed by atoms with Crippen LogP contribution in [0.4, 0.5) is 0 Å².